The van der Waals surface area contributed by atoms with Gasteiger partial charge in [-0.15, -0.1) is 0 Å². The molecule has 2 unspecified atom stereocenters. The number of nitrogens with zero attached hydrogens (tertiary/aromatic N) is 2. The van der Waals surface area contributed by atoms with Crippen LogP contribution in [0.15, 0.2) is 30.3 Å². The van der Waals surface area contributed by atoms with Gasteiger partial charge < -0.3 is 4.90 Å². The molecular formula is C18H23BrN2O2. The zero-order valence-electron chi connectivity index (χ0n) is 13.3. The van der Waals surface area contributed by atoms with Crippen molar-refractivity contribution in [2.24, 2.45) is 0 Å². The van der Waals surface area contributed by atoms with Gasteiger partial charge in [0.25, 0.3) is 5.91 Å². The van der Waals surface area contributed by atoms with Gasteiger partial charge in [0.15, 0.2) is 0 Å². The van der Waals surface area contributed by atoms with Gasteiger partial charge in [0.05, 0.1) is 12.1 Å². The molecule has 0 aromatic heterocycles. The van der Waals surface area contributed by atoms with E-state index in [-0.39, 0.29) is 24.0 Å². The second kappa shape index (κ2) is 7.47. The normalized spacial score (nSPS) is 24.0. The summed E-state index contributed by atoms with van der Waals surface area (Å²) in [5, 5.41) is 0.954. The minimum Gasteiger partial charge on any atom is -0.319 e. The van der Waals surface area contributed by atoms with Gasteiger partial charge in [-0.25, -0.2) is 4.79 Å². The van der Waals surface area contributed by atoms with Crippen LogP contribution in [-0.4, -0.2) is 45.7 Å². The summed E-state index contributed by atoms with van der Waals surface area (Å²) in [4.78, 5) is 29.2. The predicted octanol–water partition coefficient (Wildman–Crippen LogP) is 4.05. The topological polar surface area (TPSA) is 40.6 Å². The number of rotatable bonds is 5. The van der Waals surface area contributed by atoms with Crippen molar-refractivity contribution in [2.75, 3.05) is 11.9 Å². The molecule has 0 spiro atoms. The molecule has 0 radical (unpaired) electrons. The SMILES string of the molecule is O=C(c1ccccc1)N1C(=O)N(CCCCBr)C2CCCCC21. The third-order valence-corrected chi connectivity index (χ3v) is 5.46. The van der Waals surface area contributed by atoms with Crippen LogP contribution in [0.4, 0.5) is 4.79 Å². The van der Waals surface area contributed by atoms with Gasteiger partial charge in [-0.1, -0.05) is 47.0 Å². The summed E-state index contributed by atoms with van der Waals surface area (Å²) >= 11 is 3.44. The first-order valence-electron chi connectivity index (χ1n) is 8.49. The lowest BCUT2D eigenvalue weighted by molar-refractivity contribution is 0.0757. The number of alkyl halides is 1. The molecule has 0 bridgehead atoms. The van der Waals surface area contributed by atoms with Crippen molar-refractivity contribution >= 4 is 27.9 Å². The molecule has 3 amide bonds. The fourth-order valence-electron chi connectivity index (χ4n) is 3.77. The second-order valence-corrected chi connectivity index (χ2v) is 7.13. The smallest absolute Gasteiger partial charge is 0.319 e. The zero-order chi connectivity index (χ0) is 16.2. The first kappa shape index (κ1) is 16.5. The highest BCUT2D eigenvalue weighted by molar-refractivity contribution is 9.09. The quantitative estimate of drug-likeness (QED) is 0.572. The van der Waals surface area contributed by atoms with Gasteiger partial charge in [-0.2, -0.15) is 0 Å². The van der Waals surface area contributed by atoms with Gasteiger partial charge in [-0.3, -0.25) is 9.69 Å². The van der Waals surface area contributed by atoms with Crippen molar-refractivity contribution in [3.8, 4) is 0 Å². The number of hydrogen-bond acceptors (Lipinski definition) is 2. The van der Waals surface area contributed by atoms with Crippen molar-refractivity contribution < 1.29 is 9.59 Å². The van der Waals surface area contributed by atoms with E-state index < -0.39 is 0 Å². The molecule has 1 saturated heterocycles. The van der Waals surface area contributed by atoms with E-state index >= 15 is 0 Å². The first-order valence-corrected chi connectivity index (χ1v) is 9.61. The molecule has 2 aliphatic rings. The first-order chi connectivity index (χ1) is 11.2. The summed E-state index contributed by atoms with van der Waals surface area (Å²) in [5.41, 5.74) is 0.604. The molecule has 1 aliphatic carbocycles. The lowest BCUT2D eigenvalue weighted by atomic mass is 9.90. The van der Waals surface area contributed by atoms with Crippen LogP contribution >= 0.6 is 15.9 Å². The largest absolute Gasteiger partial charge is 0.327 e. The molecule has 2 atom stereocenters. The van der Waals surface area contributed by atoms with Crippen LogP contribution < -0.4 is 0 Å². The van der Waals surface area contributed by atoms with Crippen molar-refractivity contribution in [1.29, 1.82) is 0 Å². The molecule has 1 aromatic rings. The lowest BCUT2D eigenvalue weighted by Crippen LogP contribution is -2.42. The second-order valence-electron chi connectivity index (χ2n) is 6.33. The number of halogens is 1. The molecule has 1 aliphatic heterocycles. The fourth-order valence-corrected chi connectivity index (χ4v) is 4.17. The fraction of sp³-hybridized carbons (Fsp3) is 0.556. The van der Waals surface area contributed by atoms with Gasteiger partial charge in [0, 0.05) is 17.4 Å². The Morgan fingerprint density at radius 2 is 1.78 bits per heavy atom. The minimum atomic E-state index is -0.143. The third kappa shape index (κ3) is 3.30. The van der Waals surface area contributed by atoms with Gasteiger partial charge in [0.1, 0.15) is 0 Å². The Morgan fingerprint density at radius 1 is 1.09 bits per heavy atom. The van der Waals surface area contributed by atoms with Crippen LogP contribution in [0.1, 0.15) is 48.9 Å². The number of hydrogen-bond donors (Lipinski definition) is 0. The van der Waals surface area contributed by atoms with E-state index in [1.54, 1.807) is 12.1 Å². The average Bonchev–Trinajstić information content (AvgIpc) is 2.87. The van der Waals surface area contributed by atoms with E-state index in [9.17, 15) is 9.59 Å². The Hall–Kier alpha value is -1.36. The Morgan fingerprint density at radius 3 is 2.48 bits per heavy atom. The molecule has 23 heavy (non-hydrogen) atoms. The molecule has 0 N–H and O–H groups in total. The van der Waals surface area contributed by atoms with Crippen LogP contribution in [-0.2, 0) is 0 Å². The number of imide groups is 1. The van der Waals surface area contributed by atoms with Crippen LogP contribution in [0.5, 0.6) is 0 Å². The molecule has 1 aromatic carbocycles. The predicted molar refractivity (Wildman–Crippen MR) is 93.8 cm³/mol. The number of carbonyl (C=O) groups excluding carboxylic acids is 2. The van der Waals surface area contributed by atoms with E-state index in [0.717, 1.165) is 50.4 Å². The maximum absolute atomic E-state index is 12.9. The van der Waals surface area contributed by atoms with E-state index in [2.05, 4.69) is 15.9 Å². The van der Waals surface area contributed by atoms with Crippen molar-refractivity contribution in [2.45, 2.75) is 50.6 Å². The summed E-state index contributed by atoms with van der Waals surface area (Å²) in [5.74, 6) is -0.143. The van der Waals surface area contributed by atoms with Crippen molar-refractivity contribution in [3.05, 3.63) is 35.9 Å². The minimum absolute atomic E-state index is 0.0490. The monoisotopic (exact) mass is 378 g/mol. The van der Waals surface area contributed by atoms with Gasteiger partial charge in [0.2, 0.25) is 0 Å². The van der Waals surface area contributed by atoms with Crippen LogP contribution in [0, 0.1) is 0 Å². The summed E-state index contributed by atoms with van der Waals surface area (Å²) < 4.78 is 0. The van der Waals surface area contributed by atoms with Gasteiger partial charge in [-0.05, 0) is 37.8 Å². The summed E-state index contributed by atoms with van der Waals surface area (Å²) in [7, 11) is 0. The third-order valence-electron chi connectivity index (χ3n) is 4.90. The molecule has 5 heteroatoms. The number of urea groups is 1. The number of fused-ring (bicyclic) bond motifs is 1. The van der Waals surface area contributed by atoms with Crippen molar-refractivity contribution in [3.63, 3.8) is 0 Å². The summed E-state index contributed by atoms with van der Waals surface area (Å²) in [6.07, 6.45) is 6.23. The van der Waals surface area contributed by atoms with E-state index in [1.807, 2.05) is 23.1 Å². The zero-order valence-corrected chi connectivity index (χ0v) is 14.9. The van der Waals surface area contributed by atoms with Crippen molar-refractivity contribution in [1.82, 2.24) is 9.80 Å². The standard InChI is InChI=1S/C18H23BrN2O2/c19-12-6-7-13-20-15-10-4-5-11-16(15)21(18(20)23)17(22)14-8-2-1-3-9-14/h1-3,8-9,15-16H,4-7,10-13H2. The van der Waals surface area contributed by atoms with Gasteiger partial charge >= 0.3 is 6.03 Å². The Kier molecular flexibility index (Phi) is 5.36. The molecule has 1 saturated carbocycles. The number of unbranched alkanes of at least 4 members (excludes halogenated alkanes) is 1. The molecule has 3 rings (SSSR count). The summed E-state index contributed by atoms with van der Waals surface area (Å²) in [6.45, 7) is 0.754. The summed E-state index contributed by atoms with van der Waals surface area (Å²) in [6, 6.07) is 9.33. The highest BCUT2D eigenvalue weighted by Gasteiger charge is 2.48. The molecule has 1 heterocycles. The maximum atomic E-state index is 12.9. The Balaban J connectivity index is 1.81. The van der Waals surface area contributed by atoms with E-state index in [1.165, 1.54) is 4.90 Å². The highest BCUT2D eigenvalue weighted by atomic mass is 79.9. The maximum Gasteiger partial charge on any atom is 0.327 e. The van der Waals surface area contributed by atoms with Crippen LogP contribution in [0.3, 0.4) is 0 Å². The highest BCUT2D eigenvalue weighted by Crippen LogP contribution is 2.35. The van der Waals surface area contributed by atoms with Crippen LogP contribution in [0.2, 0.25) is 0 Å². The number of amides is 3. The van der Waals surface area contributed by atoms with E-state index in [4.69, 9.17) is 0 Å². The molecule has 124 valence electrons. The number of carbonyl (C=O) groups is 2. The molecular weight excluding hydrogens is 356 g/mol. The van der Waals surface area contributed by atoms with Crippen LogP contribution in [0.25, 0.3) is 0 Å². The molecule has 2 fully saturated rings. The Bertz CT molecular complexity index is 563. The average molecular weight is 379 g/mol. The molecule has 4 nitrogen and oxygen atoms in total. The van der Waals surface area contributed by atoms with E-state index in [0.29, 0.717) is 5.56 Å². The number of benzene rings is 1. The Labute approximate surface area is 146 Å². The lowest BCUT2D eigenvalue weighted by Gasteiger charge is -2.31.